The number of ether oxygens (including phenoxy) is 1. The van der Waals surface area contributed by atoms with E-state index in [1.165, 1.54) is 12.3 Å². The molecule has 0 spiro atoms. The number of carbonyl (C=O) groups excluding carboxylic acids is 1. The molecule has 150 valence electrons. The molecule has 2 N–H and O–H groups in total. The minimum absolute atomic E-state index is 0.330. The Morgan fingerprint density at radius 2 is 2.07 bits per heavy atom. The number of alkyl halides is 3. The van der Waals surface area contributed by atoms with Crippen LogP contribution in [0.5, 0.6) is 5.75 Å². The highest BCUT2D eigenvalue weighted by Gasteiger charge is 2.41. The second kappa shape index (κ2) is 7.61. The zero-order valence-electron chi connectivity index (χ0n) is 15.4. The van der Waals surface area contributed by atoms with E-state index in [2.05, 4.69) is 30.3 Å². The van der Waals surface area contributed by atoms with Crippen molar-refractivity contribution in [3.8, 4) is 5.75 Å². The largest absolute Gasteiger partial charge is 0.573 e. The van der Waals surface area contributed by atoms with E-state index >= 15 is 0 Å². The number of carbonyl (C=O) groups is 1. The fourth-order valence-electron chi connectivity index (χ4n) is 3.29. The minimum atomic E-state index is -4.91. The topological polar surface area (TPSA) is 89.0 Å². The van der Waals surface area contributed by atoms with Gasteiger partial charge >= 0.3 is 6.36 Å². The van der Waals surface area contributed by atoms with Crippen molar-refractivity contribution < 1.29 is 22.7 Å². The van der Waals surface area contributed by atoms with Crippen LogP contribution in [0.2, 0.25) is 0 Å². The van der Waals surface area contributed by atoms with E-state index in [-0.39, 0.29) is 6.04 Å². The maximum Gasteiger partial charge on any atom is 0.573 e. The van der Waals surface area contributed by atoms with E-state index in [0.29, 0.717) is 12.2 Å². The molecule has 0 bridgehead atoms. The average Bonchev–Trinajstić information content (AvgIpc) is 2.96. The lowest BCUT2D eigenvalue weighted by Crippen LogP contribution is -2.52. The molecule has 10 heteroatoms. The Labute approximate surface area is 159 Å². The predicted octanol–water partition coefficient (Wildman–Crippen LogP) is 3.23. The summed E-state index contributed by atoms with van der Waals surface area (Å²) in [4.78, 5) is 24.8. The van der Waals surface area contributed by atoms with Crippen LogP contribution in [0.3, 0.4) is 0 Å². The number of hydrogen-bond acceptors (Lipinski definition) is 6. The van der Waals surface area contributed by atoms with Crippen molar-refractivity contribution in [2.24, 2.45) is 0 Å². The average molecular weight is 395 g/mol. The molecule has 0 aromatic carbocycles. The quantitative estimate of drug-likeness (QED) is 0.808. The van der Waals surface area contributed by atoms with Gasteiger partial charge in [-0.05, 0) is 45.2 Å². The molecule has 0 aliphatic heterocycles. The fraction of sp³-hybridized carbons (Fsp3) is 0.444. The fourth-order valence-corrected chi connectivity index (χ4v) is 3.29. The number of nitrogens with one attached hydrogen (secondary N) is 2. The third-order valence-corrected chi connectivity index (χ3v) is 4.67. The van der Waals surface area contributed by atoms with Crippen molar-refractivity contribution in [2.45, 2.75) is 51.1 Å². The van der Waals surface area contributed by atoms with Gasteiger partial charge in [0.25, 0.3) is 5.91 Å². The first-order valence-electron chi connectivity index (χ1n) is 8.75. The summed E-state index contributed by atoms with van der Waals surface area (Å²) in [5.41, 5.74) is -0.164. The van der Waals surface area contributed by atoms with Crippen LogP contribution < -0.4 is 15.4 Å². The molecule has 1 saturated carbocycles. The molecule has 3 rings (SSSR count). The molecule has 28 heavy (non-hydrogen) atoms. The number of anilines is 1. The molecule has 2 atom stereocenters. The van der Waals surface area contributed by atoms with Crippen molar-refractivity contribution in [1.29, 1.82) is 0 Å². The number of halogens is 3. The van der Waals surface area contributed by atoms with Gasteiger partial charge in [0.05, 0.1) is 29.7 Å². The molecule has 1 amide bonds. The van der Waals surface area contributed by atoms with E-state index in [4.69, 9.17) is 0 Å². The van der Waals surface area contributed by atoms with Crippen molar-refractivity contribution in [2.75, 3.05) is 5.32 Å². The van der Waals surface area contributed by atoms with Crippen LogP contribution in [0.25, 0.3) is 0 Å². The molecule has 2 aromatic heterocycles. The van der Waals surface area contributed by atoms with Crippen LogP contribution in [0, 0.1) is 6.92 Å². The Bertz CT molecular complexity index is 844. The van der Waals surface area contributed by atoms with Gasteiger partial charge in [0.1, 0.15) is 5.82 Å². The van der Waals surface area contributed by atoms with E-state index < -0.39 is 29.3 Å². The smallest absolute Gasteiger partial charge is 0.403 e. The van der Waals surface area contributed by atoms with Gasteiger partial charge in [-0.2, -0.15) is 0 Å². The molecule has 0 saturated heterocycles. The van der Waals surface area contributed by atoms with Gasteiger partial charge in [0.15, 0.2) is 11.4 Å². The summed E-state index contributed by atoms with van der Waals surface area (Å²) in [6, 6.07) is 2.00. The van der Waals surface area contributed by atoms with Crippen molar-refractivity contribution in [3.05, 3.63) is 42.1 Å². The standard InChI is InChI=1S/C18H20F3N5O2/c1-11-9-24-14(10-23-11)26-17(2)7-3-6-13(17)25-16(27)15-12(5-4-8-22-15)28-18(19,20)21/h4-5,8-10,13H,3,6-7H2,1-2H3,(H,24,26)(H,25,27)/t13-,17-/m0/s1. The van der Waals surface area contributed by atoms with Gasteiger partial charge in [-0.1, -0.05) is 0 Å². The van der Waals surface area contributed by atoms with Gasteiger partial charge in [-0.25, -0.2) is 9.97 Å². The molecule has 2 aromatic rings. The Hall–Kier alpha value is -2.91. The van der Waals surface area contributed by atoms with Crippen LogP contribution in [0.15, 0.2) is 30.7 Å². The first kappa shape index (κ1) is 19.8. The zero-order valence-corrected chi connectivity index (χ0v) is 15.4. The van der Waals surface area contributed by atoms with Gasteiger partial charge in [0.2, 0.25) is 0 Å². The number of pyridine rings is 1. The minimum Gasteiger partial charge on any atom is -0.403 e. The Morgan fingerprint density at radius 3 is 2.75 bits per heavy atom. The summed E-state index contributed by atoms with van der Waals surface area (Å²) < 4.78 is 41.7. The number of aromatic nitrogens is 3. The van der Waals surface area contributed by atoms with Gasteiger partial charge < -0.3 is 15.4 Å². The molecule has 1 aliphatic rings. The third-order valence-electron chi connectivity index (χ3n) is 4.67. The first-order chi connectivity index (χ1) is 13.2. The van der Waals surface area contributed by atoms with Crippen molar-refractivity contribution in [3.63, 3.8) is 0 Å². The van der Waals surface area contributed by atoms with Crippen LogP contribution in [-0.4, -0.2) is 38.8 Å². The number of aryl methyl sites for hydroxylation is 1. The van der Waals surface area contributed by atoms with Gasteiger partial charge in [-0.15, -0.1) is 13.2 Å². The van der Waals surface area contributed by atoms with E-state index in [9.17, 15) is 18.0 Å². The SMILES string of the molecule is Cc1cnc(N[C@@]2(C)CCC[C@@H]2NC(=O)c2ncccc2OC(F)(F)F)cn1. The molecule has 0 radical (unpaired) electrons. The summed E-state index contributed by atoms with van der Waals surface area (Å²) in [5, 5.41) is 6.07. The van der Waals surface area contributed by atoms with E-state index in [0.717, 1.165) is 24.6 Å². The summed E-state index contributed by atoms with van der Waals surface area (Å²) in [7, 11) is 0. The number of amides is 1. The van der Waals surface area contributed by atoms with E-state index in [1.807, 2.05) is 13.8 Å². The highest BCUT2D eigenvalue weighted by Crippen LogP contribution is 2.33. The zero-order chi connectivity index (χ0) is 20.4. The summed E-state index contributed by atoms with van der Waals surface area (Å²) in [6.07, 6.45) is 1.81. The highest BCUT2D eigenvalue weighted by atomic mass is 19.4. The normalized spacial score (nSPS) is 22.0. The maximum absolute atomic E-state index is 12.6. The predicted molar refractivity (Wildman–Crippen MR) is 94.8 cm³/mol. The lowest BCUT2D eigenvalue weighted by Gasteiger charge is -2.33. The van der Waals surface area contributed by atoms with Gasteiger partial charge in [0, 0.05) is 6.20 Å². The Morgan fingerprint density at radius 1 is 1.29 bits per heavy atom. The Balaban J connectivity index is 1.75. The molecular weight excluding hydrogens is 375 g/mol. The Kier molecular flexibility index (Phi) is 5.39. The van der Waals surface area contributed by atoms with Crippen LogP contribution in [-0.2, 0) is 0 Å². The lowest BCUT2D eigenvalue weighted by molar-refractivity contribution is -0.274. The van der Waals surface area contributed by atoms with E-state index in [1.54, 1.807) is 12.4 Å². The molecule has 1 fully saturated rings. The van der Waals surface area contributed by atoms with Crippen molar-refractivity contribution in [1.82, 2.24) is 20.3 Å². The second-order valence-electron chi connectivity index (χ2n) is 6.90. The lowest BCUT2D eigenvalue weighted by atomic mass is 9.95. The molecule has 0 unspecified atom stereocenters. The van der Waals surface area contributed by atoms with Crippen LogP contribution in [0.1, 0.15) is 42.4 Å². The second-order valence-corrected chi connectivity index (χ2v) is 6.90. The molecule has 1 aliphatic carbocycles. The monoisotopic (exact) mass is 395 g/mol. The number of rotatable bonds is 5. The van der Waals surface area contributed by atoms with Crippen molar-refractivity contribution >= 4 is 11.7 Å². The third kappa shape index (κ3) is 4.68. The van der Waals surface area contributed by atoms with Gasteiger partial charge in [-0.3, -0.25) is 9.78 Å². The highest BCUT2D eigenvalue weighted by molar-refractivity contribution is 5.95. The number of hydrogen-bond donors (Lipinski definition) is 2. The molecule has 7 nitrogen and oxygen atoms in total. The summed E-state index contributed by atoms with van der Waals surface area (Å²) in [5.74, 6) is -0.799. The number of nitrogens with zero attached hydrogens (tertiary/aromatic N) is 3. The molecular formula is C18H20F3N5O2. The maximum atomic E-state index is 12.6. The summed E-state index contributed by atoms with van der Waals surface area (Å²) >= 11 is 0. The first-order valence-corrected chi connectivity index (χ1v) is 8.75. The van der Waals surface area contributed by atoms with Crippen LogP contribution >= 0.6 is 0 Å². The molecule has 2 heterocycles. The summed E-state index contributed by atoms with van der Waals surface area (Å²) in [6.45, 7) is 3.75. The van der Waals surface area contributed by atoms with Crippen LogP contribution in [0.4, 0.5) is 19.0 Å².